The number of nitrogens with zero attached hydrogens (tertiary/aromatic N) is 7. The summed E-state index contributed by atoms with van der Waals surface area (Å²) in [5.74, 6) is 2.03. The van der Waals surface area contributed by atoms with Gasteiger partial charge in [0.1, 0.15) is 5.52 Å². The Balaban J connectivity index is 1.51. The maximum Gasteiger partial charge on any atom is 0.292 e. The van der Waals surface area contributed by atoms with Crippen LogP contribution in [0.2, 0.25) is 0 Å². The molecule has 2 N–H and O–H groups in total. The molecule has 2 aliphatic rings. The molecular weight excluding hydrogens is 396 g/mol. The largest absolute Gasteiger partial charge is 0.424 e. The van der Waals surface area contributed by atoms with Gasteiger partial charge in [0.05, 0.1) is 13.2 Å². The summed E-state index contributed by atoms with van der Waals surface area (Å²) >= 11 is 0. The molecule has 0 amide bonds. The van der Waals surface area contributed by atoms with E-state index in [0.29, 0.717) is 42.1 Å². The Morgan fingerprint density at radius 1 is 0.871 bits per heavy atom. The predicted octanol–water partition coefficient (Wildman–Crippen LogP) is 1.63. The van der Waals surface area contributed by atoms with Gasteiger partial charge < -0.3 is 24.7 Å². The Labute approximate surface area is 181 Å². The highest BCUT2D eigenvalue weighted by Crippen LogP contribution is 2.26. The quantitative estimate of drug-likeness (QED) is 0.663. The van der Waals surface area contributed by atoms with Crippen LogP contribution >= 0.6 is 0 Å². The van der Waals surface area contributed by atoms with Crippen LogP contribution in [0.1, 0.15) is 13.8 Å². The van der Waals surface area contributed by atoms with Crippen molar-refractivity contribution in [3.63, 3.8) is 0 Å². The van der Waals surface area contributed by atoms with Crippen molar-refractivity contribution in [1.82, 2.24) is 24.8 Å². The van der Waals surface area contributed by atoms with Crippen molar-refractivity contribution >= 4 is 29.0 Å². The van der Waals surface area contributed by atoms with Gasteiger partial charge in [-0.2, -0.15) is 19.9 Å². The molecule has 2 fully saturated rings. The molecule has 0 unspecified atom stereocenters. The number of hydrogen-bond donors (Lipinski definition) is 1. The Hall–Kier alpha value is -2.98. The van der Waals surface area contributed by atoms with Gasteiger partial charge in [0.15, 0.2) is 11.4 Å². The van der Waals surface area contributed by atoms with Crippen molar-refractivity contribution < 1.29 is 9.15 Å². The second kappa shape index (κ2) is 8.27. The van der Waals surface area contributed by atoms with Crippen LogP contribution in [0.25, 0.3) is 22.5 Å². The number of fused-ring (bicyclic) bond motifs is 1. The lowest BCUT2D eigenvalue weighted by molar-refractivity contribution is 0.122. The highest BCUT2D eigenvalue weighted by Gasteiger charge is 2.24. The van der Waals surface area contributed by atoms with E-state index in [4.69, 9.17) is 29.8 Å². The fraction of sp³-hybridized carbons (Fsp3) is 0.524. The first kappa shape index (κ1) is 20.0. The van der Waals surface area contributed by atoms with Crippen molar-refractivity contribution in [2.24, 2.45) is 0 Å². The molecule has 2 aromatic heterocycles. The summed E-state index contributed by atoms with van der Waals surface area (Å²) in [5, 5.41) is 0. The van der Waals surface area contributed by atoms with E-state index < -0.39 is 0 Å². The first-order chi connectivity index (χ1) is 15.1. The highest BCUT2D eigenvalue weighted by atomic mass is 16.5. The number of piperazine rings is 1. The number of oxazole rings is 1. The van der Waals surface area contributed by atoms with E-state index in [-0.39, 0.29) is 6.01 Å². The van der Waals surface area contributed by atoms with Gasteiger partial charge in [-0.3, -0.25) is 4.90 Å². The summed E-state index contributed by atoms with van der Waals surface area (Å²) in [6.07, 6.45) is 0. The van der Waals surface area contributed by atoms with Gasteiger partial charge in [0.25, 0.3) is 6.01 Å². The molecule has 4 heterocycles. The van der Waals surface area contributed by atoms with Crippen LogP contribution in [0.4, 0.5) is 17.9 Å². The first-order valence-electron chi connectivity index (χ1n) is 10.8. The minimum absolute atomic E-state index is 0.153. The van der Waals surface area contributed by atoms with E-state index in [2.05, 4.69) is 33.5 Å². The third-order valence-electron chi connectivity index (χ3n) is 5.90. The molecule has 0 radical (unpaired) electrons. The normalized spacial score (nSPS) is 18.3. The molecule has 1 aromatic carbocycles. The zero-order valence-electron chi connectivity index (χ0n) is 18.0. The third kappa shape index (κ3) is 4.13. The number of anilines is 3. The lowest BCUT2D eigenvalue weighted by atomic mass is 10.2. The van der Waals surface area contributed by atoms with E-state index in [9.17, 15) is 0 Å². The van der Waals surface area contributed by atoms with Gasteiger partial charge in [-0.25, -0.2) is 0 Å². The molecule has 0 spiro atoms. The molecule has 0 aliphatic carbocycles. The molecule has 0 atom stereocenters. The number of hydrogen-bond acceptors (Lipinski definition) is 10. The topological polar surface area (TPSA) is 110 Å². The lowest BCUT2D eigenvalue weighted by Gasteiger charge is -2.37. The SMILES string of the molecule is CC(C)N1CCN(c2nc(-c3ccc4oc(N)nc4c3)nc(N3CCOCC3)n2)CC1. The van der Waals surface area contributed by atoms with Crippen molar-refractivity contribution in [2.75, 3.05) is 68.0 Å². The molecule has 3 aromatic rings. The Bertz CT molecular complexity index is 1050. The smallest absolute Gasteiger partial charge is 0.292 e. The molecule has 5 rings (SSSR count). The molecular formula is C21H28N8O2. The number of rotatable bonds is 4. The molecule has 164 valence electrons. The summed E-state index contributed by atoms with van der Waals surface area (Å²) in [5.41, 5.74) is 7.90. The molecule has 31 heavy (non-hydrogen) atoms. The van der Waals surface area contributed by atoms with Gasteiger partial charge >= 0.3 is 0 Å². The summed E-state index contributed by atoms with van der Waals surface area (Å²) in [6.45, 7) is 11.1. The Morgan fingerprint density at radius 3 is 2.23 bits per heavy atom. The van der Waals surface area contributed by atoms with Crippen molar-refractivity contribution in [3.05, 3.63) is 18.2 Å². The zero-order valence-corrected chi connectivity index (χ0v) is 18.0. The zero-order chi connectivity index (χ0) is 21.4. The van der Waals surface area contributed by atoms with Crippen LogP contribution < -0.4 is 15.5 Å². The molecule has 10 nitrogen and oxygen atoms in total. The van der Waals surface area contributed by atoms with E-state index >= 15 is 0 Å². The number of benzene rings is 1. The average Bonchev–Trinajstić information content (AvgIpc) is 3.18. The molecule has 10 heteroatoms. The monoisotopic (exact) mass is 424 g/mol. The fourth-order valence-electron chi connectivity index (χ4n) is 4.05. The second-order valence-electron chi connectivity index (χ2n) is 8.21. The number of nitrogen functional groups attached to an aromatic ring is 1. The van der Waals surface area contributed by atoms with Crippen LogP contribution in [0.5, 0.6) is 0 Å². The Kier molecular flexibility index (Phi) is 5.33. The van der Waals surface area contributed by atoms with Gasteiger partial charge in [0.2, 0.25) is 11.9 Å². The van der Waals surface area contributed by atoms with Gasteiger partial charge in [-0.05, 0) is 32.0 Å². The summed E-state index contributed by atoms with van der Waals surface area (Å²) in [4.78, 5) is 25.6. The number of ether oxygens (including phenoxy) is 1. The minimum atomic E-state index is 0.153. The molecule has 0 saturated carbocycles. The highest BCUT2D eigenvalue weighted by molar-refractivity contribution is 5.80. The fourth-order valence-corrected chi connectivity index (χ4v) is 4.05. The average molecular weight is 425 g/mol. The van der Waals surface area contributed by atoms with Gasteiger partial charge in [-0.15, -0.1) is 0 Å². The van der Waals surface area contributed by atoms with Crippen molar-refractivity contribution in [3.8, 4) is 11.4 Å². The van der Waals surface area contributed by atoms with Crippen LogP contribution in [-0.4, -0.2) is 83.4 Å². The summed E-state index contributed by atoms with van der Waals surface area (Å²) in [6, 6.07) is 6.40. The first-order valence-corrected chi connectivity index (χ1v) is 10.8. The molecule has 2 saturated heterocycles. The number of aromatic nitrogens is 4. The van der Waals surface area contributed by atoms with Crippen LogP contribution in [0, 0.1) is 0 Å². The van der Waals surface area contributed by atoms with E-state index in [0.717, 1.165) is 50.8 Å². The Morgan fingerprint density at radius 2 is 1.55 bits per heavy atom. The van der Waals surface area contributed by atoms with Crippen LogP contribution in [-0.2, 0) is 4.74 Å². The van der Waals surface area contributed by atoms with Crippen molar-refractivity contribution in [2.45, 2.75) is 19.9 Å². The third-order valence-corrected chi connectivity index (χ3v) is 5.90. The van der Waals surface area contributed by atoms with Crippen LogP contribution in [0.3, 0.4) is 0 Å². The predicted molar refractivity (Wildman–Crippen MR) is 119 cm³/mol. The lowest BCUT2D eigenvalue weighted by Crippen LogP contribution is -2.49. The number of nitrogens with two attached hydrogens (primary N) is 1. The van der Waals surface area contributed by atoms with Gasteiger partial charge in [0, 0.05) is 50.9 Å². The summed E-state index contributed by atoms with van der Waals surface area (Å²) in [7, 11) is 0. The van der Waals surface area contributed by atoms with E-state index in [1.807, 2.05) is 18.2 Å². The summed E-state index contributed by atoms with van der Waals surface area (Å²) < 4.78 is 10.9. The maximum atomic E-state index is 5.71. The van der Waals surface area contributed by atoms with E-state index in [1.54, 1.807) is 0 Å². The second-order valence-corrected chi connectivity index (χ2v) is 8.21. The molecule has 2 aliphatic heterocycles. The van der Waals surface area contributed by atoms with E-state index in [1.165, 1.54) is 0 Å². The molecule has 0 bridgehead atoms. The standard InChI is InChI=1S/C21H28N8O2/c1-14(2)27-5-7-28(8-6-27)20-24-18(25-21(26-20)29-9-11-30-12-10-29)15-3-4-17-16(13-15)23-19(22)31-17/h3-4,13-14H,5-12H2,1-2H3,(H2,22,23). The maximum absolute atomic E-state index is 5.71. The minimum Gasteiger partial charge on any atom is -0.424 e. The van der Waals surface area contributed by atoms with Gasteiger partial charge in [-0.1, -0.05) is 0 Å². The number of morpholine rings is 1. The van der Waals surface area contributed by atoms with Crippen LogP contribution in [0.15, 0.2) is 22.6 Å². The van der Waals surface area contributed by atoms with Crippen molar-refractivity contribution in [1.29, 1.82) is 0 Å².